The number of esters is 3. The van der Waals surface area contributed by atoms with E-state index in [0.717, 1.165) is 96.3 Å². The number of rotatable bonds is 47. The van der Waals surface area contributed by atoms with E-state index in [4.69, 9.17) is 14.2 Å². The molecule has 358 valence electrons. The van der Waals surface area contributed by atoms with Crippen molar-refractivity contribution >= 4 is 17.9 Å². The molecular weight excluding hydrogens is 769 g/mol. The van der Waals surface area contributed by atoms with Crippen LogP contribution in [0.4, 0.5) is 0 Å². The van der Waals surface area contributed by atoms with Gasteiger partial charge in [0.05, 0.1) is 0 Å². The van der Waals surface area contributed by atoms with Crippen LogP contribution >= 0.6 is 0 Å². The molecule has 0 amide bonds. The highest BCUT2D eigenvalue weighted by molar-refractivity contribution is 5.71. The minimum absolute atomic E-state index is 0.0815. The average Bonchev–Trinajstić information content (AvgIpc) is 3.27. The van der Waals surface area contributed by atoms with Gasteiger partial charge in [-0.2, -0.15) is 0 Å². The van der Waals surface area contributed by atoms with Gasteiger partial charge in [-0.25, -0.2) is 0 Å². The summed E-state index contributed by atoms with van der Waals surface area (Å²) < 4.78 is 16.8. The van der Waals surface area contributed by atoms with Crippen molar-refractivity contribution in [3.05, 3.63) is 60.8 Å². The van der Waals surface area contributed by atoms with Crippen molar-refractivity contribution in [2.75, 3.05) is 13.2 Å². The Balaban J connectivity index is 4.40. The van der Waals surface area contributed by atoms with Gasteiger partial charge in [-0.05, 0) is 64.2 Å². The van der Waals surface area contributed by atoms with E-state index in [1.807, 2.05) is 0 Å². The van der Waals surface area contributed by atoms with Crippen LogP contribution in [-0.2, 0) is 28.6 Å². The second kappa shape index (κ2) is 50.8. The standard InChI is InChI=1S/C56H98O6/c1-4-7-10-13-16-19-22-24-26-27-28-29-30-32-34-37-40-43-46-49-55(58)61-52-53(51-60-54(57)48-45-42-39-36-33-21-18-15-12-9-6-3)62-56(59)50-47-44-41-38-35-31-25-23-20-17-14-11-8-5-2/h7,10,16,19,24,26,28-29,32,34,53H,4-6,8-9,11-15,17-18,20-23,25,27,30-31,33,35-52H2,1-3H3/b10-7-,19-16-,26-24-,29-28-,34-32-/t53-/m1/s1. The van der Waals surface area contributed by atoms with E-state index in [-0.39, 0.29) is 31.1 Å². The fraction of sp³-hybridized carbons (Fsp3) is 0.768. The predicted octanol–water partition coefficient (Wildman–Crippen LogP) is 17.3. The van der Waals surface area contributed by atoms with Gasteiger partial charge in [0.2, 0.25) is 0 Å². The summed E-state index contributed by atoms with van der Waals surface area (Å²) in [4.78, 5) is 38.0. The maximum absolute atomic E-state index is 12.8. The molecule has 0 N–H and O–H groups in total. The third kappa shape index (κ3) is 48.1. The summed E-state index contributed by atoms with van der Waals surface area (Å²) in [6.07, 6.45) is 62.0. The molecule has 0 aliphatic heterocycles. The number of unbranched alkanes of at least 4 members (excludes halogenated alkanes) is 26. The van der Waals surface area contributed by atoms with Gasteiger partial charge in [0.15, 0.2) is 6.10 Å². The molecule has 0 spiro atoms. The summed E-state index contributed by atoms with van der Waals surface area (Å²) in [5.74, 6) is -0.908. The zero-order valence-corrected chi connectivity index (χ0v) is 40.9. The topological polar surface area (TPSA) is 78.9 Å². The van der Waals surface area contributed by atoms with Gasteiger partial charge < -0.3 is 14.2 Å². The molecule has 0 saturated heterocycles. The highest BCUT2D eigenvalue weighted by Crippen LogP contribution is 2.15. The molecule has 6 heteroatoms. The van der Waals surface area contributed by atoms with E-state index in [1.54, 1.807) is 0 Å². The number of hydrogen-bond acceptors (Lipinski definition) is 6. The van der Waals surface area contributed by atoms with Gasteiger partial charge in [-0.15, -0.1) is 0 Å². The number of ether oxygens (including phenoxy) is 3. The first kappa shape index (κ1) is 59.1. The smallest absolute Gasteiger partial charge is 0.306 e. The molecule has 0 rings (SSSR count). The van der Waals surface area contributed by atoms with Crippen molar-refractivity contribution in [3.63, 3.8) is 0 Å². The van der Waals surface area contributed by atoms with Crippen LogP contribution < -0.4 is 0 Å². The van der Waals surface area contributed by atoms with E-state index >= 15 is 0 Å². The third-order valence-corrected chi connectivity index (χ3v) is 11.3. The van der Waals surface area contributed by atoms with Crippen molar-refractivity contribution < 1.29 is 28.6 Å². The molecule has 0 fully saturated rings. The fourth-order valence-corrected chi connectivity index (χ4v) is 7.35. The molecule has 0 radical (unpaired) electrons. The molecule has 6 nitrogen and oxygen atoms in total. The monoisotopic (exact) mass is 867 g/mol. The van der Waals surface area contributed by atoms with Crippen LogP contribution in [0.5, 0.6) is 0 Å². The minimum Gasteiger partial charge on any atom is -0.462 e. The molecule has 0 aromatic heterocycles. The summed E-state index contributed by atoms with van der Waals surface area (Å²) in [6, 6.07) is 0. The molecule has 0 aliphatic rings. The molecule has 1 atom stereocenters. The van der Waals surface area contributed by atoms with E-state index in [1.165, 1.54) is 122 Å². The average molecular weight is 867 g/mol. The van der Waals surface area contributed by atoms with E-state index in [9.17, 15) is 14.4 Å². The molecule has 0 aliphatic carbocycles. The normalized spacial score (nSPS) is 12.5. The van der Waals surface area contributed by atoms with Crippen LogP contribution in [0.1, 0.15) is 258 Å². The van der Waals surface area contributed by atoms with Gasteiger partial charge in [0.1, 0.15) is 13.2 Å². The number of carbonyl (C=O) groups excluding carboxylic acids is 3. The second-order valence-electron chi connectivity index (χ2n) is 17.4. The lowest BCUT2D eigenvalue weighted by Crippen LogP contribution is -2.30. The van der Waals surface area contributed by atoms with E-state index < -0.39 is 6.10 Å². The third-order valence-electron chi connectivity index (χ3n) is 11.3. The molecular formula is C56H98O6. The van der Waals surface area contributed by atoms with Crippen molar-refractivity contribution in [3.8, 4) is 0 Å². The Kier molecular flexibility index (Phi) is 48.4. The molecule has 0 aromatic carbocycles. The fourth-order valence-electron chi connectivity index (χ4n) is 7.35. The van der Waals surface area contributed by atoms with Crippen LogP contribution in [0.3, 0.4) is 0 Å². The van der Waals surface area contributed by atoms with Gasteiger partial charge in [0.25, 0.3) is 0 Å². The van der Waals surface area contributed by atoms with Crippen molar-refractivity contribution in [2.45, 2.75) is 264 Å². The van der Waals surface area contributed by atoms with Gasteiger partial charge in [0, 0.05) is 19.3 Å². The first-order valence-electron chi connectivity index (χ1n) is 26.3. The summed E-state index contributed by atoms with van der Waals surface area (Å²) >= 11 is 0. The maximum atomic E-state index is 12.8. The second-order valence-corrected chi connectivity index (χ2v) is 17.4. The maximum Gasteiger partial charge on any atom is 0.306 e. The summed E-state index contributed by atoms with van der Waals surface area (Å²) in [6.45, 7) is 6.50. The first-order valence-corrected chi connectivity index (χ1v) is 26.3. The van der Waals surface area contributed by atoms with Gasteiger partial charge in [-0.3, -0.25) is 14.4 Å². The highest BCUT2D eigenvalue weighted by Gasteiger charge is 2.19. The Morgan fingerprint density at radius 3 is 0.984 bits per heavy atom. The van der Waals surface area contributed by atoms with Crippen LogP contribution in [0.25, 0.3) is 0 Å². The Morgan fingerprint density at radius 1 is 0.339 bits per heavy atom. The molecule has 0 saturated carbocycles. The zero-order valence-electron chi connectivity index (χ0n) is 40.9. The SMILES string of the molecule is CC/C=C\C/C=C\C/C=C\C/C=C\C/C=C\CCCCCC(=O)OC[C@@H](COC(=O)CCCCCCCCCCCCC)OC(=O)CCCCCCCCCCCCCCCC. The minimum atomic E-state index is -0.783. The van der Waals surface area contributed by atoms with Gasteiger partial charge >= 0.3 is 17.9 Å². The molecule has 0 aromatic rings. The Morgan fingerprint density at radius 2 is 0.629 bits per heavy atom. The van der Waals surface area contributed by atoms with E-state index in [2.05, 4.69) is 81.5 Å². The Hall–Kier alpha value is -2.89. The summed E-state index contributed by atoms with van der Waals surface area (Å²) in [5, 5.41) is 0. The lowest BCUT2D eigenvalue weighted by atomic mass is 10.0. The number of carbonyl (C=O) groups is 3. The van der Waals surface area contributed by atoms with Crippen molar-refractivity contribution in [1.29, 1.82) is 0 Å². The van der Waals surface area contributed by atoms with Crippen LogP contribution in [0.15, 0.2) is 60.8 Å². The number of hydrogen-bond donors (Lipinski definition) is 0. The first-order chi connectivity index (χ1) is 30.5. The molecule has 62 heavy (non-hydrogen) atoms. The lowest BCUT2D eigenvalue weighted by Gasteiger charge is -2.18. The Bertz CT molecular complexity index is 1130. The quantitative estimate of drug-likeness (QED) is 0.0262. The van der Waals surface area contributed by atoms with E-state index in [0.29, 0.717) is 19.3 Å². The zero-order chi connectivity index (χ0) is 45.1. The van der Waals surface area contributed by atoms with Gasteiger partial charge in [-0.1, -0.05) is 236 Å². The van der Waals surface area contributed by atoms with Crippen LogP contribution in [0, 0.1) is 0 Å². The number of allylic oxidation sites excluding steroid dienone is 10. The Labute approximate surface area is 383 Å². The summed E-state index contributed by atoms with van der Waals surface area (Å²) in [7, 11) is 0. The highest BCUT2D eigenvalue weighted by atomic mass is 16.6. The molecule has 0 heterocycles. The lowest BCUT2D eigenvalue weighted by molar-refractivity contribution is -0.167. The van der Waals surface area contributed by atoms with Crippen LogP contribution in [0.2, 0.25) is 0 Å². The summed E-state index contributed by atoms with van der Waals surface area (Å²) in [5.41, 5.74) is 0. The van der Waals surface area contributed by atoms with Crippen molar-refractivity contribution in [1.82, 2.24) is 0 Å². The predicted molar refractivity (Wildman–Crippen MR) is 265 cm³/mol. The van der Waals surface area contributed by atoms with Crippen molar-refractivity contribution in [2.24, 2.45) is 0 Å². The molecule has 0 bridgehead atoms. The van der Waals surface area contributed by atoms with Crippen LogP contribution in [-0.4, -0.2) is 37.2 Å². The largest absolute Gasteiger partial charge is 0.462 e. The molecule has 0 unspecified atom stereocenters.